The molecular weight excluding hydrogens is 322 g/mol. The number of hydrogen-bond donors (Lipinski definition) is 0. The minimum absolute atomic E-state index is 0.359. The number of ether oxygens (including phenoxy) is 2. The molecule has 0 aliphatic carbocycles. The van der Waals surface area contributed by atoms with Crippen molar-refractivity contribution < 1.29 is 14.3 Å². The Morgan fingerprint density at radius 3 is 2.58 bits per heavy atom. The lowest BCUT2D eigenvalue weighted by molar-refractivity contribution is -0.137. The van der Waals surface area contributed by atoms with Crippen molar-refractivity contribution in [3.8, 4) is 11.3 Å². The Bertz CT molecular complexity index is 637. The van der Waals surface area contributed by atoms with Gasteiger partial charge in [-0.25, -0.2) is 4.79 Å². The first kappa shape index (κ1) is 20.1. The molecule has 0 aliphatic heterocycles. The van der Waals surface area contributed by atoms with Crippen LogP contribution in [0.4, 0.5) is 0 Å². The number of aromatic nitrogens is 1. The van der Waals surface area contributed by atoms with Crippen molar-refractivity contribution in [3.63, 3.8) is 0 Å². The highest BCUT2D eigenvalue weighted by Gasteiger charge is 2.01. The van der Waals surface area contributed by atoms with Crippen LogP contribution in [-0.4, -0.2) is 30.7 Å². The van der Waals surface area contributed by atoms with Crippen molar-refractivity contribution in [1.82, 2.24) is 4.37 Å². The van der Waals surface area contributed by atoms with Crippen molar-refractivity contribution in [2.24, 2.45) is 0 Å². The number of carbonyl (C=O) groups is 1. The summed E-state index contributed by atoms with van der Waals surface area (Å²) in [5.41, 5.74) is 3.58. The number of benzene rings is 1. The van der Waals surface area contributed by atoms with Gasteiger partial charge in [0, 0.05) is 30.2 Å². The maximum absolute atomic E-state index is 10.5. The lowest BCUT2D eigenvalue weighted by atomic mass is 10.1. The van der Waals surface area contributed by atoms with Gasteiger partial charge in [-0.15, -0.1) is 0 Å². The summed E-state index contributed by atoms with van der Waals surface area (Å²) >= 11 is 1.56. The Kier molecular flexibility index (Phi) is 9.65. The Labute approximate surface area is 148 Å². The first-order valence-electron chi connectivity index (χ1n) is 7.85. The van der Waals surface area contributed by atoms with Gasteiger partial charge in [0.25, 0.3) is 0 Å². The largest absolute Gasteiger partial charge is 0.463 e. The minimum atomic E-state index is -0.359. The lowest BCUT2D eigenvalue weighted by Crippen LogP contribution is -2.02. The van der Waals surface area contributed by atoms with Gasteiger partial charge in [0.05, 0.1) is 12.3 Å². The van der Waals surface area contributed by atoms with Gasteiger partial charge in [-0.05, 0) is 50.4 Å². The van der Waals surface area contributed by atoms with E-state index >= 15 is 0 Å². The molecule has 24 heavy (non-hydrogen) atoms. The van der Waals surface area contributed by atoms with Gasteiger partial charge in [0.2, 0.25) is 0 Å². The number of rotatable bonds is 7. The average Bonchev–Trinajstić information content (AvgIpc) is 3.01. The summed E-state index contributed by atoms with van der Waals surface area (Å²) in [7, 11) is 1.65. The second-order valence-corrected chi connectivity index (χ2v) is 6.27. The Balaban J connectivity index is 0.000000245. The van der Waals surface area contributed by atoms with Crippen LogP contribution < -0.4 is 0 Å². The van der Waals surface area contributed by atoms with Crippen LogP contribution in [-0.2, 0) is 14.3 Å². The van der Waals surface area contributed by atoms with Gasteiger partial charge in [0.15, 0.2) is 0 Å². The lowest BCUT2D eigenvalue weighted by Gasteiger charge is -2.00. The normalized spacial score (nSPS) is 9.79. The number of carbonyl (C=O) groups excluding carboxylic acids is 1. The molecular formula is C19H25NO3S. The molecule has 130 valence electrons. The SMILES string of the molecule is C=CC(=O)OCCCCOC.Cc1cccc(-c2cc(C)sn2)c1. The van der Waals surface area contributed by atoms with Crippen LogP contribution in [0.15, 0.2) is 43.0 Å². The summed E-state index contributed by atoms with van der Waals surface area (Å²) in [5, 5.41) is 0. The monoisotopic (exact) mass is 347 g/mol. The molecule has 2 aromatic rings. The third-order valence-electron chi connectivity index (χ3n) is 3.10. The van der Waals surface area contributed by atoms with E-state index in [1.165, 1.54) is 16.0 Å². The molecule has 0 unspecified atom stereocenters. The average molecular weight is 347 g/mol. The van der Waals surface area contributed by atoms with Crippen LogP contribution in [0, 0.1) is 13.8 Å². The zero-order chi connectivity index (χ0) is 17.8. The molecule has 0 amide bonds. The summed E-state index contributed by atoms with van der Waals surface area (Å²) in [6, 6.07) is 10.6. The number of aryl methyl sites for hydroxylation is 2. The van der Waals surface area contributed by atoms with E-state index < -0.39 is 0 Å². The highest BCUT2D eigenvalue weighted by Crippen LogP contribution is 2.21. The van der Waals surface area contributed by atoms with Gasteiger partial charge in [-0.3, -0.25) is 0 Å². The Morgan fingerprint density at radius 2 is 2.00 bits per heavy atom. The highest BCUT2D eigenvalue weighted by molar-refractivity contribution is 7.05. The third kappa shape index (κ3) is 8.04. The molecule has 0 atom stereocenters. The maximum Gasteiger partial charge on any atom is 0.330 e. The molecule has 0 saturated heterocycles. The minimum Gasteiger partial charge on any atom is -0.463 e. The molecule has 5 heteroatoms. The Hall–Kier alpha value is -1.98. The van der Waals surface area contributed by atoms with Gasteiger partial charge in [-0.1, -0.05) is 30.3 Å². The fraction of sp³-hybridized carbons (Fsp3) is 0.368. The van der Waals surface area contributed by atoms with E-state index in [-0.39, 0.29) is 5.97 Å². The van der Waals surface area contributed by atoms with E-state index in [0.717, 1.165) is 24.6 Å². The number of nitrogens with zero attached hydrogens (tertiary/aromatic N) is 1. The first-order valence-corrected chi connectivity index (χ1v) is 8.62. The number of hydrogen-bond acceptors (Lipinski definition) is 5. The molecule has 2 rings (SSSR count). The van der Waals surface area contributed by atoms with E-state index in [1.807, 2.05) is 0 Å². The number of unbranched alkanes of at least 4 members (excludes halogenated alkanes) is 1. The van der Waals surface area contributed by atoms with Crippen LogP contribution in [0.5, 0.6) is 0 Å². The smallest absolute Gasteiger partial charge is 0.330 e. The van der Waals surface area contributed by atoms with E-state index in [1.54, 1.807) is 18.6 Å². The number of methoxy groups -OCH3 is 1. The van der Waals surface area contributed by atoms with Crippen molar-refractivity contribution in [2.75, 3.05) is 20.3 Å². The predicted octanol–water partition coefficient (Wildman–Crippen LogP) is 4.57. The van der Waals surface area contributed by atoms with Crippen LogP contribution >= 0.6 is 11.5 Å². The summed E-state index contributed by atoms with van der Waals surface area (Å²) < 4.78 is 13.9. The van der Waals surface area contributed by atoms with Crippen LogP contribution in [0.25, 0.3) is 11.3 Å². The van der Waals surface area contributed by atoms with E-state index in [0.29, 0.717) is 13.2 Å². The van der Waals surface area contributed by atoms with Crippen molar-refractivity contribution in [1.29, 1.82) is 0 Å². The number of esters is 1. The molecule has 0 radical (unpaired) electrons. The maximum atomic E-state index is 10.5. The second-order valence-electron chi connectivity index (χ2n) is 5.26. The topological polar surface area (TPSA) is 48.4 Å². The second kappa shape index (κ2) is 11.5. The van der Waals surface area contributed by atoms with E-state index in [9.17, 15) is 4.79 Å². The zero-order valence-electron chi connectivity index (χ0n) is 14.6. The molecule has 1 aromatic carbocycles. The van der Waals surface area contributed by atoms with E-state index in [4.69, 9.17) is 9.47 Å². The van der Waals surface area contributed by atoms with Crippen LogP contribution in [0.2, 0.25) is 0 Å². The first-order chi connectivity index (χ1) is 11.6. The molecule has 0 aliphatic rings. The molecule has 0 bridgehead atoms. The predicted molar refractivity (Wildman–Crippen MR) is 99.3 cm³/mol. The molecule has 0 N–H and O–H groups in total. The van der Waals surface area contributed by atoms with Gasteiger partial charge in [-0.2, -0.15) is 4.37 Å². The molecule has 1 aromatic heterocycles. The van der Waals surface area contributed by atoms with Gasteiger partial charge >= 0.3 is 5.97 Å². The summed E-state index contributed by atoms with van der Waals surface area (Å²) in [6.45, 7) is 8.62. The summed E-state index contributed by atoms with van der Waals surface area (Å²) in [6.07, 6.45) is 2.92. The molecule has 0 fully saturated rings. The quantitative estimate of drug-likeness (QED) is 0.418. The summed E-state index contributed by atoms with van der Waals surface area (Å²) in [4.78, 5) is 11.7. The molecule has 0 saturated carbocycles. The fourth-order valence-electron chi connectivity index (χ4n) is 1.89. The van der Waals surface area contributed by atoms with Crippen molar-refractivity contribution >= 4 is 17.5 Å². The van der Waals surface area contributed by atoms with Crippen molar-refractivity contribution in [3.05, 3.63) is 53.4 Å². The van der Waals surface area contributed by atoms with Gasteiger partial charge in [0.1, 0.15) is 0 Å². The van der Waals surface area contributed by atoms with Gasteiger partial charge < -0.3 is 9.47 Å². The Morgan fingerprint density at radius 1 is 1.25 bits per heavy atom. The fourth-order valence-corrected chi connectivity index (χ4v) is 2.45. The molecule has 1 heterocycles. The summed E-state index contributed by atoms with van der Waals surface area (Å²) in [5.74, 6) is -0.359. The molecule has 4 nitrogen and oxygen atoms in total. The highest BCUT2D eigenvalue weighted by atomic mass is 32.1. The standard InChI is InChI=1S/C11H11NS.C8H14O3/c1-8-4-3-5-10(6-8)11-7-9(2)13-12-11;1-3-8(9)11-7-5-4-6-10-2/h3-7H,1-2H3;3H,1,4-7H2,2H3. The third-order valence-corrected chi connectivity index (χ3v) is 3.79. The van der Waals surface area contributed by atoms with Crippen molar-refractivity contribution in [2.45, 2.75) is 26.7 Å². The molecule has 0 spiro atoms. The van der Waals surface area contributed by atoms with E-state index in [2.05, 4.69) is 55.1 Å². The van der Waals surface area contributed by atoms with Crippen LogP contribution in [0.3, 0.4) is 0 Å². The zero-order valence-corrected chi connectivity index (χ0v) is 15.4. The van der Waals surface area contributed by atoms with Crippen LogP contribution in [0.1, 0.15) is 23.3 Å².